The first-order chi connectivity index (χ1) is 9.24. The quantitative estimate of drug-likeness (QED) is 0.775. The molecule has 102 valence electrons. The van der Waals surface area contributed by atoms with Crippen LogP contribution in [-0.4, -0.2) is 41.2 Å². The number of nitrogens with zero attached hydrogens (tertiary/aromatic N) is 1. The highest BCUT2D eigenvalue weighted by Crippen LogP contribution is 2.27. The van der Waals surface area contributed by atoms with E-state index in [-0.39, 0.29) is 11.6 Å². The Morgan fingerprint density at radius 3 is 2.95 bits per heavy atom. The molecule has 0 aromatic carbocycles. The lowest BCUT2D eigenvalue weighted by Crippen LogP contribution is -2.14. The molecule has 1 aliphatic carbocycles. The van der Waals surface area contributed by atoms with Crippen LogP contribution in [0.4, 0.5) is 0 Å². The number of methoxy groups -OCH3 is 1. The summed E-state index contributed by atoms with van der Waals surface area (Å²) in [4.78, 5) is 24.3. The Kier molecular flexibility index (Phi) is 4.93. The maximum absolute atomic E-state index is 12.1. The summed E-state index contributed by atoms with van der Waals surface area (Å²) in [6.07, 6.45) is 5.91. The zero-order valence-corrected chi connectivity index (χ0v) is 11.6. The van der Waals surface area contributed by atoms with Gasteiger partial charge in [0.1, 0.15) is 5.69 Å². The van der Waals surface area contributed by atoms with Crippen molar-refractivity contribution in [1.82, 2.24) is 10.2 Å². The van der Waals surface area contributed by atoms with Crippen LogP contribution in [0, 0.1) is 0 Å². The highest BCUT2D eigenvalue weighted by atomic mass is 32.2. The largest absolute Gasteiger partial charge is 0.385 e. The number of carbonyl (C=O) groups is 2. The number of unbranched alkanes of at least 4 members (excludes halogenated alkanes) is 2. The number of ether oxygens (including phenoxy) is 1. The van der Waals surface area contributed by atoms with Crippen LogP contribution < -0.4 is 0 Å². The van der Waals surface area contributed by atoms with Crippen LogP contribution >= 0.6 is 11.8 Å². The zero-order valence-electron chi connectivity index (χ0n) is 10.8. The van der Waals surface area contributed by atoms with Gasteiger partial charge in [-0.1, -0.05) is 6.42 Å². The van der Waals surface area contributed by atoms with Crippen molar-refractivity contribution in [2.75, 3.05) is 19.5 Å². The van der Waals surface area contributed by atoms with Crippen LogP contribution in [0.15, 0.2) is 17.2 Å². The van der Waals surface area contributed by atoms with Gasteiger partial charge in [0.05, 0.1) is 16.7 Å². The van der Waals surface area contributed by atoms with E-state index in [0.717, 1.165) is 31.6 Å². The molecule has 0 amide bonds. The number of aromatic nitrogens is 2. The molecule has 0 radical (unpaired) electrons. The van der Waals surface area contributed by atoms with E-state index in [0.29, 0.717) is 16.2 Å². The van der Waals surface area contributed by atoms with Gasteiger partial charge in [-0.2, -0.15) is 5.10 Å². The van der Waals surface area contributed by atoms with Crippen molar-refractivity contribution in [2.24, 2.45) is 0 Å². The van der Waals surface area contributed by atoms with E-state index in [2.05, 4.69) is 10.2 Å². The Morgan fingerprint density at radius 2 is 2.16 bits per heavy atom. The van der Waals surface area contributed by atoms with Crippen molar-refractivity contribution >= 4 is 23.3 Å². The number of rotatable bonds is 7. The summed E-state index contributed by atoms with van der Waals surface area (Å²) in [5.74, 6) is 0.557. The molecule has 6 heteroatoms. The van der Waals surface area contributed by atoms with Gasteiger partial charge in [-0.05, 0) is 18.6 Å². The number of Topliss-reactive ketones (excluding diaryl/α,β-unsaturated/α-hetero) is 1. The fourth-order valence-corrected chi connectivity index (χ4v) is 2.85. The van der Waals surface area contributed by atoms with Crippen molar-refractivity contribution in [3.63, 3.8) is 0 Å². The summed E-state index contributed by atoms with van der Waals surface area (Å²) in [7, 11) is 1.69. The van der Waals surface area contributed by atoms with Crippen LogP contribution in [0.3, 0.4) is 0 Å². The molecule has 2 rings (SSSR count). The molecule has 5 nitrogen and oxygen atoms in total. The summed E-state index contributed by atoms with van der Waals surface area (Å²) in [5.41, 5.74) is 0.684. The third-order valence-corrected chi connectivity index (χ3v) is 3.97. The number of thioether (sulfide) groups is 1. The van der Waals surface area contributed by atoms with E-state index in [9.17, 15) is 9.59 Å². The molecular weight excluding hydrogens is 264 g/mol. The molecule has 1 heterocycles. The number of H-pyrrole nitrogens is 1. The normalized spacial score (nSPS) is 14.5. The van der Waals surface area contributed by atoms with Gasteiger partial charge < -0.3 is 4.74 Å². The Balaban J connectivity index is 1.85. The molecular formula is C13H16N2O3S. The summed E-state index contributed by atoms with van der Waals surface area (Å²) in [6.45, 7) is 0.767. The van der Waals surface area contributed by atoms with Gasteiger partial charge in [-0.3, -0.25) is 14.7 Å². The second-order valence-electron chi connectivity index (χ2n) is 4.26. The van der Waals surface area contributed by atoms with Crippen molar-refractivity contribution in [1.29, 1.82) is 0 Å². The van der Waals surface area contributed by atoms with Gasteiger partial charge >= 0.3 is 0 Å². The fourth-order valence-electron chi connectivity index (χ4n) is 1.85. The number of carbonyl (C=O) groups excluding carboxylic acids is 2. The van der Waals surface area contributed by atoms with Gasteiger partial charge in [-0.15, -0.1) is 11.8 Å². The summed E-state index contributed by atoms with van der Waals surface area (Å²) < 4.78 is 4.97. The fraction of sp³-hybridized carbons (Fsp3) is 0.462. The second kappa shape index (κ2) is 6.68. The van der Waals surface area contributed by atoms with E-state index < -0.39 is 0 Å². The molecule has 0 saturated carbocycles. The van der Waals surface area contributed by atoms with Gasteiger partial charge in [0.2, 0.25) is 11.6 Å². The van der Waals surface area contributed by atoms with Gasteiger partial charge in [0, 0.05) is 19.8 Å². The number of fused-ring (bicyclic) bond motifs is 1. The van der Waals surface area contributed by atoms with Gasteiger partial charge in [0.25, 0.3) is 0 Å². The number of allylic oxidation sites excluding steroid dienone is 2. The first-order valence-electron chi connectivity index (χ1n) is 6.20. The molecule has 0 bridgehead atoms. The molecule has 0 atom stereocenters. The lowest BCUT2D eigenvalue weighted by molar-refractivity contribution is 0.0989. The Labute approximate surface area is 115 Å². The topological polar surface area (TPSA) is 72.1 Å². The SMILES string of the molecule is COCCCCCSC1=CC(=O)c2[nH]ncc2C1=O. The minimum atomic E-state index is -0.172. The third-order valence-electron chi connectivity index (χ3n) is 2.87. The number of hydrogen-bond acceptors (Lipinski definition) is 5. The molecule has 1 aromatic heterocycles. The number of ketones is 2. The minimum absolute atomic E-state index is 0.106. The van der Waals surface area contributed by atoms with Crippen LogP contribution in [0.25, 0.3) is 0 Å². The van der Waals surface area contributed by atoms with Gasteiger partial charge in [-0.25, -0.2) is 0 Å². The third kappa shape index (κ3) is 3.33. The van der Waals surface area contributed by atoms with E-state index in [4.69, 9.17) is 4.74 Å². The maximum Gasteiger partial charge on any atom is 0.205 e. The van der Waals surface area contributed by atoms with E-state index in [1.807, 2.05) is 0 Å². The zero-order chi connectivity index (χ0) is 13.7. The molecule has 0 unspecified atom stereocenters. The van der Waals surface area contributed by atoms with E-state index in [1.54, 1.807) is 7.11 Å². The monoisotopic (exact) mass is 280 g/mol. The van der Waals surface area contributed by atoms with E-state index in [1.165, 1.54) is 24.0 Å². The van der Waals surface area contributed by atoms with Crippen molar-refractivity contribution < 1.29 is 14.3 Å². The minimum Gasteiger partial charge on any atom is -0.385 e. The predicted octanol–water partition coefficient (Wildman–Crippen LogP) is 2.22. The average molecular weight is 280 g/mol. The Bertz CT molecular complexity index is 508. The summed E-state index contributed by atoms with van der Waals surface area (Å²) in [5, 5.41) is 6.31. The average Bonchev–Trinajstić information content (AvgIpc) is 2.89. The smallest absolute Gasteiger partial charge is 0.205 e. The molecule has 0 saturated heterocycles. The van der Waals surface area contributed by atoms with Crippen LogP contribution in [-0.2, 0) is 4.74 Å². The second-order valence-corrected chi connectivity index (χ2v) is 5.40. The molecule has 0 aliphatic heterocycles. The maximum atomic E-state index is 12.1. The molecule has 1 N–H and O–H groups in total. The number of aromatic amines is 1. The summed E-state index contributed by atoms with van der Waals surface area (Å²) >= 11 is 1.44. The van der Waals surface area contributed by atoms with Crippen molar-refractivity contribution in [3.8, 4) is 0 Å². The number of hydrogen-bond donors (Lipinski definition) is 1. The standard InChI is InChI=1S/C13H16N2O3S/c1-18-5-3-2-4-6-19-11-7-10(16)12-9(13(11)17)8-14-15-12/h7-8H,2-6H2,1H3,(H,14,15). The predicted molar refractivity (Wildman–Crippen MR) is 73.5 cm³/mol. The molecule has 19 heavy (non-hydrogen) atoms. The van der Waals surface area contributed by atoms with Crippen LogP contribution in [0.1, 0.15) is 40.1 Å². The van der Waals surface area contributed by atoms with Gasteiger partial charge in [0.15, 0.2) is 0 Å². The van der Waals surface area contributed by atoms with E-state index >= 15 is 0 Å². The first kappa shape index (κ1) is 14.0. The molecule has 1 aromatic rings. The molecule has 0 spiro atoms. The van der Waals surface area contributed by atoms with Crippen molar-refractivity contribution in [2.45, 2.75) is 19.3 Å². The van der Waals surface area contributed by atoms with Crippen molar-refractivity contribution in [3.05, 3.63) is 28.4 Å². The Hall–Kier alpha value is -1.40. The molecule has 0 fully saturated rings. The highest BCUT2D eigenvalue weighted by Gasteiger charge is 2.27. The first-order valence-corrected chi connectivity index (χ1v) is 7.18. The van der Waals surface area contributed by atoms with Crippen LogP contribution in [0.5, 0.6) is 0 Å². The Morgan fingerprint density at radius 1 is 1.32 bits per heavy atom. The number of nitrogens with one attached hydrogen (secondary N) is 1. The molecule has 1 aliphatic rings. The highest BCUT2D eigenvalue weighted by molar-refractivity contribution is 8.04. The van der Waals surface area contributed by atoms with Crippen LogP contribution in [0.2, 0.25) is 0 Å². The summed E-state index contributed by atoms with van der Waals surface area (Å²) in [6, 6.07) is 0. The lowest BCUT2D eigenvalue weighted by Gasteiger charge is -2.10. The lowest BCUT2D eigenvalue weighted by atomic mass is 10.0.